The van der Waals surface area contributed by atoms with Crippen molar-refractivity contribution in [1.82, 2.24) is 0 Å². The number of hydrogen-bond acceptors (Lipinski definition) is 6. The van der Waals surface area contributed by atoms with E-state index in [1.54, 1.807) is 0 Å². The summed E-state index contributed by atoms with van der Waals surface area (Å²) in [6.45, 7) is 0. The van der Waals surface area contributed by atoms with Crippen LogP contribution < -0.4 is 9.46 Å². The van der Waals surface area contributed by atoms with Gasteiger partial charge in [0.05, 0.1) is 36.4 Å². The van der Waals surface area contributed by atoms with Crippen molar-refractivity contribution in [2.24, 2.45) is 0 Å². The van der Waals surface area contributed by atoms with E-state index in [2.05, 4.69) is 9.46 Å². The molecule has 24 heavy (non-hydrogen) atoms. The predicted octanol–water partition coefficient (Wildman–Crippen LogP) is 2.15. The van der Waals surface area contributed by atoms with Crippen molar-refractivity contribution in [3.8, 4) is 11.8 Å². The second-order valence-electron chi connectivity index (χ2n) is 4.65. The quantitative estimate of drug-likeness (QED) is 0.832. The average molecular weight is 346 g/mol. The van der Waals surface area contributed by atoms with Gasteiger partial charge >= 0.3 is 5.97 Å². The Morgan fingerprint density at radius 2 is 1.92 bits per heavy atom. The number of ether oxygens (including phenoxy) is 2. The lowest BCUT2D eigenvalue weighted by Gasteiger charge is -2.11. The molecule has 2 aromatic carbocycles. The number of anilines is 1. The van der Waals surface area contributed by atoms with Gasteiger partial charge in [-0.1, -0.05) is 6.07 Å². The van der Waals surface area contributed by atoms with Crippen molar-refractivity contribution in [3.05, 3.63) is 53.6 Å². The van der Waals surface area contributed by atoms with E-state index >= 15 is 0 Å². The van der Waals surface area contributed by atoms with E-state index in [0.29, 0.717) is 0 Å². The zero-order valence-electron chi connectivity index (χ0n) is 12.9. The third kappa shape index (κ3) is 3.64. The van der Waals surface area contributed by atoms with E-state index in [-0.39, 0.29) is 27.5 Å². The van der Waals surface area contributed by atoms with Crippen LogP contribution in [0.4, 0.5) is 5.69 Å². The first kappa shape index (κ1) is 17.3. The molecule has 0 aliphatic carbocycles. The summed E-state index contributed by atoms with van der Waals surface area (Å²) in [5.74, 6) is -0.421. The molecule has 124 valence electrons. The van der Waals surface area contributed by atoms with Crippen LogP contribution in [0.1, 0.15) is 15.9 Å². The molecule has 0 aliphatic heterocycles. The first-order valence-electron chi connectivity index (χ1n) is 6.70. The number of benzene rings is 2. The molecule has 0 aromatic heterocycles. The maximum atomic E-state index is 12.4. The van der Waals surface area contributed by atoms with Gasteiger partial charge in [-0.25, -0.2) is 13.2 Å². The number of sulfonamides is 1. The molecule has 0 bridgehead atoms. The summed E-state index contributed by atoms with van der Waals surface area (Å²) in [7, 11) is -1.29. The molecule has 0 fully saturated rings. The number of methoxy groups -OCH3 is 2. The predicted molar refractivity (Wildman–Crippen MR) is 86.3 cm³/mol. The van der Waals surface area contributed by atoms with Crippen LogP contribution in [0.5, 0.6) is 5.75 Å². The lowest BCUT2D eigenvalue weighted by Crippen LogP contribution is -2.13. The Bertz CT molecular complexity index is 916. The Balaban J connectivity index is 2.36. The molecule has 0 heterocycles. The van der Waals surface area contributed by atoms with Crippen LogP contribution in [0.2, 0.25) is 0 Å². The van der Waals surface area contributed by atoms with Gasteiger partial charge < -0.3 is 9.47 Å². The molecule has 0 aliphatic rings. The van der Waals surface area contributed by atoms with Crippen LogP contribution >= 0.6 is 0 Å². The number of hydrogen-bond donors (Lipinski definition) is 1. The molecular weight excluding hydrogens is 332 g/mol. The molecular formula is C16H14N2O5S. The maximum Gasteiger partial charge on any atom is 0.341 e. The highest BCUT2D eigenvalue weighted by atomic mass is 32.2. The van der Waals surface area contributed by atoms with Gasteiger partial charge in [-0.05, 0) is 30.3 Å². The van der Waals surface area contributed by atoms with E-state index in [9.17, 15) is 13.2 Å². The highest BCUT2D eigenvalue weighted by molar-refractivity contribution is 7.92. The van der Waals surface area contributed by atoms with Gasteiger partial charge in [-0.15, -0.1) is 0 Å². The SMILES string of the molecule is COC(=O)c1ccc(NS(=O)(=O)c2cccc(C#N)c2)cc1OC. The van der Waals surface area contributed by atoms with Gasteiger partial charge in [-0.2, -0.15) is 5.26 Å². The van der Waals surface area contributed by atoms with E-state index < -0.39 is 16.0 Å². The van der Waals surface area contributed by atoms with Crippen molar-refractivity contribution < 1.29 is 22.7 Å². The van der Waals surface area contributed by atoms with Gasteiger partial charge in [0.1, 0.15) is 11.3 Å². The Morgan fingerprint density at radius 1 is 1.17 bits per heavy atom. The summed E-state index contributed by atoms with van der Waals surface area (Å²) in [5, 5.41) is 8.87. The van der Waals surface area contributed by atoms with Gasteiger partial charge in [0, 0.05) is 6.07 Å². The normalized spacial score (nSPS) is 10.5. The summed E-state index contributed by atoms with van der Waals surface area (Å²) >= 11 is 0. The highest BCUT2D eigenvalue weighted by Crippen LogP contribution is 2.25. The summed E-state index contributed by atoms with van der Waals surface area (Å²) in [4.78, 5) is 11.6. The summed E-state index contributed by atoms with van der Waals surface area (Å²) in [5.41, 5.74) is 0.618. The topological polar surface area (TPSA) is 105 Å². The van der Waals surface area contributed by atoms with Gasteiger partial charge in [0.2, 0.25) is 0 Å². The lowest BCUT2D eigenvalue weighted by molar-refractivity contribution is 0.0597. The minimum absolute atomic E-state index is 0.0439. The van der Waals surface area contributed by atoms with E-state index in [4.69, 9.17) is 10.00 Å². The Labute approximate surface area is 139 Å². The van der Waals surface area contributed by atoms with E-state index in [1.807, 2.05) is 6.07 Å². The van der Waals surface area contributed by atoms with Crippen molar-refractivity contribution in [2.45, 2.75) is 4.90 Å². The summed E-state index contributed by atoms with van der Waals surface area (Å²) in [6.07, 6.45) is 0. The summed E-state index contributed by atoms with van der Waals surface area (Å²) in [6, 6.07) is 11.7. The number of carbonyl (C=O) groups is 1. The molecule has 7 nitrogen and oxygen atoms in total. The van der Waals surface area contributed by atoms with Crippen molar-refractivity contribution in [1.29, 1.82) is 5.26 Å². The molecule has 0 spiro atoms. The van der Waals surface area contributed by atoms with E-state index in [0.717, 1.165) is 0 Å². The number of rotatable bonds is 5. The fourth-order valence-corrected chi connectivity index (χ4v) is 3.08. The summed E-state index contributed by atoms with van der Waals surface area (Å²) < 4.78 is 36.9. The fourth-order valence-electron chi connectivity index (χ4n) is 1.98. The third-order valence-corrected chi connectivity index (χ3v) is 4.51. The Hall–Kier alpha value is -3.05. The molecule has 1 N–H and O–H groups in total. The third-order valence-electron chi connectivity index (χ3n) is 3.13. The number of esters is 1. The zero-order chi connectivity index (χ0) is 17.7. The van der Waals surface area contributed by atoms with Crippen molar-refractivity contribution >= 4 is 21.7 Å². The maximum absolute atomic E-state index is 12.4. The van der Waals surface area contributed by atoms with Gasteiger partial charge in [-0.3, -0.25) is 4.72 Å². The average Bonchev–Trinajstić information content (AvgIpc) is 2.60. The minimum atomic E-state index is -3.88. The second-order valence-corrected chi connectivity index (χ2v) is 6.33. The molecule has 0 radical (unpaired) electrons. The standard InChI is InChI=1S/C16H14N2O5S/c1-22-15-9-12(6-7-14(15)16(19)23-2)18-24(20,21)13-5-3-4-11(8-13)10-17/h3-9,18H,1-2H3. The molecule has 0 unspecified atom stereocenters. The molecule has 2 rings (SSSR count). The van der Waals surface area contributed by atoms with Gasteiger partial charge in [0.25, 0.3) is 10.0 Å². The number of nitrogens with one attached hydrogen (secondary N) is 1. The molecule has 0 saturated carbocycles. The van der Waals surface area contributed by atoms with Crippen LogP contribution in [0.15, 0.2) is 47.4 Å². The first-order chi connectivity index (χ1) is 11.4. The largest absolute Gasteiger partial charge is 0.496 e. The lowest BCUT2D eigenvalue weighted by atomic mass is 10.2. The molecule has 0 saturated heterocycles. The molecule has 0 atom stereocenters. The number of carbonyl (C=O) groups excluding carboxylic acids is 1. The first-order valence-corrected chi connectivity index (χ1v) is 8.19. The monoisotopic (exact) mass is 346 g/mol. The van der Waals surface area contributed by atoms with Crippen LogP contribution in [-0.4, -0.2) is 28.6 Å². The fraction of sp³-hybridized carbons (Fsp3) is 0.125. The Morgan fingerprint density at radius 3 is 2.54 bits per heavy atom. The van der Waals surface area contributed by atoms with Crippen LogP contribution in [0.25, 0.3) is 0 Å². The molecule has 8 heteroatoms. The van der Waals surface area contributed by atoms with E-state index in [1.165, 1.54) is 56.7 Å². The second kappa shape index (κ2) is 7.02. The van der Waals surface area contributed by atoms with Crippen molar-refractivity contribution in [2.75, 3.05) is 18.9 Å². The highest BCUT2D eigenvalue weighted by Gasteiger charge is 2.18. The van der Waals surface area contributed by atoms with Crippen LogP contribution in [0.3, 0.4) is 0 Å². The number of nitriles is 1. The molecule has 2 aromatic rings. The van der Waals surface area contributed by atoms with Crippen LogP contribution in [-0.2, 0) is 14.8 Å². The van der Waals surface area contributed by atoms with Gasteiger partial charge in [0.15, 0.2) is 0 Å². The molecule has 0 amide bonds. The number of nitrogens with zero attached hydrogens (tertiary/aromatic N) is 1. The Kier molecular flexibility index (Phi) is 5.06. The van der Waals surface area contributed by atoms with Crippen LogP contribution in [0, 0.1) is 11.3 Å². The zero-order valence-corrected chi connectivity index (χ0v) is 13.8. The minimum Gasteiger partial charge on any atom is -0.496 e. The smallest absolute Gasteiger partial charge is 0.341 e. The van der Waals surface area contributed by atoms with Crippen molar-refractivity contribution in [3.63, 3.8) is 0 Å².